The van der Waals surface area contributed by atoms with Gasteiger partial charge in [0.25, 0.3) is 5.91 Å². The average Bonchev–Trinajstić information content (AvgIpc) is 3.12. The van der Waals surface area contributed by atoms with Crippen molar-refractivity contribution in [2.75, 3.05) is 20.3 Å². The summed E-state index contributed by atoms with van der Waals surface area (Å²) in [6, 6.07) is 9.42. The third-order valence-corrected chi connectivity index (χ3v) is 4.64. The van der Waals surface area contributed by atoms with Gasteiger partial charge in [-0.1, -0.05) is 0 Å². The van der Waals surface area contributed by atoms with Gasteiger partial charge in [-0.15, -0.1) is 0 Å². The van der Waals surface area contributed by atoms with Crippen LogP contribution in [0, 0.1) is 5.92 Å². The predicted octanol–water partition coefficient (Wildman–Crippen LogP) is 2.11. The molecule has 1 N–H and O–H groups in total. The van der Waals surface area contributed by atoms with Gasteiger partial charge in [0, 0.05) is 25.4 Å². The number of hydrogen-bond donors (Lipinski definition) is 1. The molecule has 24 heavy (non-hydrogen) atoms. The van der Waals surface area contributed by atoms with Gasteiger partial charge in [0.05, 0.1) is 12.8 Å². The Morgan fingerprint density at radius 3 is 2.71 bits per heavy atom. The highest BCUT2D eigenvalue weighted by atomic mass is 16.5. The van der Waals surface area contributed by atoms with E-state index in [1.54, 1.807) is 24.1 Å². The molecule has 3 rings (SSSR count). The van der Waals surface area contributed by atoms with Crippen molar-refractivity contribution in [3.8, 4) is 11.4 Å². The third-order valence-electron chi connectivity index (χ3n) is 4.64. The number of likely N-dealkylation sites (tertiary alicyclic amines) is 1. The van der Waals surface area contributed by atoms with E-state index >= 15 is 0 Å². The van der Waals surface area contributed by atoms with Crippen LogP contribution in [0.25, 0.3) is 5.69 Å². The van der Waals surface area contributed by atoms with Gasteiger partial charge in [-0.05, 0) is 56.0 Å². The van der Waals surface area contributed by atoms with E-state index in [1.165, 1.54) is 0 Å². The molecule has 0 radical (unpaired) electrons. The van der Waals surface area contributed by atoms with Crippen molar-refractivity contribution in [1.29, 1.82) is 0 Å². The van der Waals surface area contributed by atoms with E-state index in [0.29, 0.717) is 12.2 Å². The smallest absolute Gasteiger partial charge is 0.274 e. The van der Waals surface area contributed by atoms with Gasteiger partial charge < -0.3 is 14.7 Å². The minimum Gasteiger partial charge on any atom is -0.497 e. The molecule has 2 unspecified atom stereocenters. The Kier molecular flexibility index (Phi) is 4.85. The van der Waals surface area contributed by atoms with Crippen LogP contribution < -0.4 is 4.74 Å². The Bertz CT molecular complexity index is 696. The number of piperidine rings is 1. The van der Waals surface area contributed by atoms with Crippen molar-refractivity contribution >= 4 is 5.91 Å². The summed E-state index contributed by atoms with van der Waals surface area (Å²) >= 11 is 0. The summed E-state index contributed by atoms with van der Waals surface area (Å²) in [5.74, 6) is 0.862. The summed E-state index contributed by atoms with van der Waals surface area (Å²) in [5.41, 5.74) is 1.30. The highest BCUT2D eigenvalue weighted by Crippen LogP contribution is 2.23. The molecule has 0 aliphatic carbocycles. The van der Waals surface area contributed by atoms with Crippen LogP contribution in [-0.2, 0) is 0 Å². The molecule has 2 heterocycles. The monoisotopic (exact) mass is 329 g/mol. The number of benzene rings is 1. The number of ether oxygens (including phenoxy) is 1. The molecular formula is C18H23N3O3. The summed E-state index contributed by atoms with van der Waals surface area (Å²) in [5, 5.41) is 13.8. The lowest BCUT2D eigenvalue weighted by molar-refractivity contribution is 0.0483. The summed E-state index contributed by atoms with van der Waals surface area (Å²) in [6.45, 7) is 2.76. The van der Waals surface area contributed by atoms with Crippen LogP contribution in [0.1, 0.15) is 30.3 Å². The number of amides is 1. The molecule has 1 amide bonds. The van der Waals surface area contributed by atoms with Gasteiger partial charge in [0.1, 0.15) is 5.75 Å². The molecule has 1 aliphatic rings. The van der Waals surface area contributed by atoms with Gasteiger partial charge in [-0.3, -0.25) is 4.79 Å². The Hall–Kier alpha value is -2.34. The number of nitrogens with zero attached hydrogens (tertiary/aromatic N) is 3. The van der Waals surface area contributed by atoms with Gasteiger partial charge in [-0.2, -0.15) is 5.10 Å². The predicted molar refractivity (Wildman–Crippen MR) is 90.4 cm³/mol. The van der Waals surface area contributed by atoms with Crippen molar-refractivity contribution in [3.63, 3.8) is 0 Å². The van der Waals surface area contributed by atoms with E-state index in [1.807, 2.05) is 36.1 Å². The van der Waals surface area contributed by atoms with Crippen molar-refractivity contribution in [3.05, 3.63) is 42.2 Å². The second-order valence-corrected chi connectivity index (χ2v) is 6.28. The van der Waals surface area contributed by atoms with Crippen LogP contribution in [0.4, 0.5) is 0 Å². The van der Waals surface area contributed by atoms with Crippen molar-refractivity contribution < 1.29 is 14.6 Å². The first-order valence-electron chi connectivity index (χ1n) is 8.24. The zero-order chi connectivity index (χ0) is 17.1. The van der Waals surface area contributed by atoms with Crippen LogP contribution in [-0.4, -0.2) is 52.0 Å². The molecular weight excluding hydrogens is 306 g/mol. The molecule has 1 aliphatic heterocycles. The highest BCUT2D eigenvalue weighted by molar-refractivity contribution is 5.92. The molecule has 1 aromatic carbocycles. The second kappa shape index (κ2) is 7.05. The van der Waals surface area contributed by atoms with E-state index in [9.17, 15) is 9.90 Å². The number of aliphatic hydroxyl groups excluding tert-OH is 1. The number of aliphatic hydroxyl groups is 1. The van der Waals surface area contributed by atoms with Crippen LogP contribution >= 0.6 is 0 Å². The molecule has 1 fully saturated rings. The van der Waals surface area contributed by atoms with Gasteiger partial charge in [-0.25, -0.2) is 4.68 Å². The topological polar surface area (TPSA) is 67.6 Å². The summed E-state index contributed by atoms with van der Waals surface area (Å²) in [6.07, 6.45) is 3.66. The maximum Gasteiger partial charge on any atom is 0.274 e. The molecule has 2 atom stereocenters. The average molecular weight is 329 g/mol. The number of carbonyl (C=O) groups excluding carboxylic acids is 1. The summed E-state index contributed by atoms with van der Waals surface area (Å²) in [4.78, 5) is 14.6. The maximum atomic E-state index is 12.8. The molecule has 6 heteroatoms. The number of rotatable bonds is 4. The first kappa shape index (κ1) is 16.5. The van der Waals surface area contributed by atoms with Gasteiger partial charge in [0.2, 0.25) is 0 Å². The molecule has 6 nitrogen and oxygen atoms in total. The zero-order valence-corrected chi connectivity index (χ0v) is 14.1. The SMILES string of the molecule is COc1ccc(-n2ccc(C(=O)N3CC(CO)CCC3C)n2)cc1. The van der Waals surface area contributed by atoms with E-state index in [4.69, 9.17) is 4.74 Å². The Labute approximate surface area is 141 Å². The lowest BCUT2D eigenvalue weighted by atomic mass is 9.94. The van der Waals surface area contributed by atoms with E-state index in [0.717, 1.165) is 24.3 Å². The van der Waals surface area contributed by atoms with Gasteiger partial charge >= 0.3 is 0 Å². The van der Waals surface area contributed by atoms with E-state index in [-0.39, 0.29) is 24.5 Å². The van der Waals surface area contributed by atoms with Crippen molar-refractivity contribution in [2.45, 2.75) is 25.8 Å². The second-order valence-electron chi connectivity index (χ2n) is 6.28. The maximum absolute atomic E-state index is 12.8. The quantitative estimate of drug-likeness (QED) is 0.933. The number of aromatic nitrogens is 2. The first-order chi connectivity index (χ1) is 11.6. The van der Waals surface area contributed by atoms with Crippen molar-refractivity contribution in [2.24, 2.45) is 5.92 Å². The minimum absolute atomic E-state index is 0.0760. The number of methoxy groups -OCH3 is 1. The molecule has 128 valence electrons. The molecule has 2 aromatic rings. The third kappa shape index (κ3) is 3.28. The minimum atomic E-state index is -0.0760. The largest absolute Gasteiger partial charge is 0.497 e. The molecule has 0 spiro atoms. The van der Waals surface area contributed by atoms with Crippen LogP contribution in [0.5, 0.6) is 5.75 Å². The van der Waals surface area contributed by atoms with Crippen LogP contribution in [0.2, 0.25) is 0 Å². The van der Waals surface area contributed by atoms with Gasteiger partial charge in [0.15, 0.2) is 5.69 Å². The van der Waals surface area contributed by atoms with E-state index < -0.39 is 0 Å². The Morgan fingerprint density at radius 2 is 2.04 bits per heavy atom. The normalized spacial score (nSPS) is 20.9. The zero-order valence-electron chi connectivity index (χ0n) is 14.1. The summed E-state index contributed by atoms with van der Waals surface area (Å²) in [7, 11) is 1.62. The Morgan fingerprint density at radius 1 is 1.29 bits per heavy atom. The Balaban J connectivity index is 1.77. The standard InChI is InChI=1S/C18H23N3O3/c1-13-3-4-14(12-22)11-20(13)18(23)17-9-10-21(19-17)15-5-7-16(24-2)8-6-15/h5-10,13-14,22H,3-4,11-12H2,1-2H3. The molecule has 1 aromatic heterocycles. The molecule has 1 saturated heterocycles. The fourth-order valence-corrected chi connectivity index (χ4v) is 3.08. The van der Waals surface area contributed by atoms with Crippen LogP contribution in [0.3, 0.4) is 0 Å². The number of carbonyl (C=O) groups is 1. The highest BCUT2D eigenvalue weighted by Gasteiger charge is 2.30. The number of hydrogen-bond acceptors (Lipinski definition) is 4. The fraction of sp³-hybridized carbons (Fsp3) is 0.444. The summed E-state index contributed by atoms with van der Waals surface area (Å²) < 4.78 is 6.83. The van der Waals surface area contributed by atoms with E-state index in [2.05, 4.69) is 5.10 Å². The molecule has 0 bridgehead atoms. The molecule has 0 saturated carbocycles. The first-order valence-corrected chi connectivity index (χ1v) is 8.24. The fourth-order valence-electron chi connectivity index (χ4n) is 3.08. The lowest BCUT2D eigenvalue weighted by Gasteiger charge is -2.37. The lowest BCUT2D eigenvalue weighted by Crippen LogP contribution is -2.46. The van der Waals surface area contributed by atoms with Crippen molar-refractivity contribution in [1.82, 2.24) is 14.7 Å². The van der Waals surface area contributed by atoms with Crippen LogP contribution in [0.15, 0.2) is 36.5 Å².